The van der Waals surface area contributed by atoms with Crippen LogP contribution in [0.4, 0.5) is 0 Å². The van der Waals surface area contributed by atoms with Gasteiger partial charge in [0.2, 0.25) is 0 Å². The number of thiol groups is 1. The van der Waals surface area contributed by atoms with Crippen molar-refractivity contribution in [2.24, 2.45) is 0 Å². The molecule has 1 atom stereocenters. The van der Waals surface area contributed by atoms with Crippen LogP contribution in [-0.4, -0.2) is 28.6 Å². The Bertz CT molecular complexity index is 121. The van der Waals surface area contributed by atoms with Crippen LogP contribution in [0.5, 0.6) is 0 Å². The number of carboxylic acid groups (broad SMARTS) is 1. The van der Waals surface area contributed by atoms with Gasteiger partial charge in [0.25, 0.3) is 0 Å². The summed E-state index contributed by atoms with van der Waals surface area (Å²) in [4.78, 5) is 10.4. The summed E-state index contributed by atoms with van der Waals surface area (Å²) in [5.74, 6) is 0.410. The summed E-state index contributed by atoms with van der Waals surface area (Å²) in [7, 11) is 0. The molecule has 0 unspecified atom stereocenters. The van der Waals surface area contributed by atoms with Crippen molar-refractivity contribution in [3.05, 3.63) is 0 Å². The molecule has 0 aliphatic carbocycles. The lowest BCUT2D eigenvalue weighted by Gasteiger charge is -2.09. The fraction of sp³-hybridized carbons (Fsp3) is 0.833. The van der Waals surface area contributed by atoms with E-state index in [1.165, 1.54) is 11.9 Å². The first-order valence-electron chi connectivity index (χ1n) is 3.43. The third-order valence-corrected chi connectivity index (χ3v) is 2.44. The smallest absolute Gasteiger partial charge is 0.322 e. The normalized spacial score (nSPS) is 12.9. The summed E-state index contributed by atoms with van der Waals surface area (Å²) in [6.07, 6.45) is 1.04. The van der Waals surface area contributed by atoms with Crippen molar-refractivity contribution in [2.45, 2.75) is 19.4 Å². The zero-order valence-electron chi connectivity index (χ0n) is 6.41. The molecule has 0 aliphatic heterocycles. The molecule has 0 fully saturated rings. The molecule has 11 heavy (non-hydrogen) atoms. The molecule has 2 N–H and O–H groups in total. The molecule has 0 spiro atoms. The summed E-state index contributed by atoms with van der Waals surface area (Å²) in [5.41, 5.74) is 0. The molecule has 0 heterocycles. The number of aliphatic carboxylic acids is 1. The highest BCUT2D eigenvalue weighted by molar-refractivity contribution is 7.97. The molecule has 0 saturated heterocycles. The Labute approximate surface area is 76.5 Å². The molecule has 0 amide bonds. The number of rotatable bonds is 6. The lowest BCUT2D eigenvalue weighted by Crippen LogP contribution is -2.34. The van der Waals surface area contributed by atoms with Crippen molar-refractivity contribution in [1.82, 2.24) is 4.72 Å². The van der Waals surface area contributed by atoms with E-state index in [9.17, 15) is 4.79 Å². The third-order valence-electron chi connectivity index (χ3n) is 1.01. The van der Waals surface area contributed by atoms with E-state index in [0.717, 1.165) is 12.2 Å². The highest BCUT2D eigenvalue weighted by Gasteiger charge is 2.13. The Morgan fingerprint density at radius 3 is 2.82 bits per heavy atom. The Kier molecular flexibility index (Phi) is 6.90. The lowest BCUT2D eigenvalue weighted by molar-refractivity contribution is -0.138. The number of carbonyl (C=O) groups is 1. The number of nitrogens with one attached hydrogen (secondary N) is 1. The Balaban J connectivity index is 3.44. The van der Waals surface area contributed by atoms with E-state index in [0.29, 0.717) is 5.75 Å². The highest BCUT2D eigenvalue weighted by Crippen LogP contribution is 2.00. The molecule has 0 rings (SSSR count). The van der Waals surface area contributed by atoms with Crippen LogP contribution < -0.4 is 4.72 Å². The molecule has 0 radical (unpaired) electrons. The van der Waals surface area contributed by atoms with Crippen molar-refractivity contribution >= 4 is 30.5 Å². The maximum atomic E-state index is 10.4. The quantitative estimate of drug-likeness (QED) is 0.336. The van der Waals surface area contributed by atoms with Crippen LogP contribution in [0.25, 0.3) is 0 Å². The van der Waals surface area contributed by atoms with E-state index < -0.39 is 12.0 Å². The highest BCUT2D eigenvalue weighted by atomic mass is 32.2. The van der Waals surface area contributed by atoms with Crippen LogP contribution in [0.3, 0.4) is 0 Å². The van der Waals surface area contributed by atoms with Gasteiger partial charge >= 0.3 is 5.97 Å². The van der Waals surface area contributed by atoms with Gasteiger partial charge in [0.1, 0.15) is 6.04 Å². The van der Waals surface area contributed by atoms with Gasteiger partial charge in [0.05, 0.1) is 0 Å². The van der Waals surface area contributed by atoms with Crippen molar-refractivity contribution in [1.29, 1.82) is 0 Å². The van der Waals surface area contributed by atoms with Gasteiger partial charge in [0.15, 0.2) is 0 Å². The topological polar surface area (TPSA) is 49.3 Å². The van der Waals surface area contributed by atoms with E-state index >= 15 is 0 Å². The van der Waals surface area contributed by atoms with E-state index in [4.69, 9.17) is 5.11 Å². The molecule has 5 heteroatoms. The summed E-state index contributed by atoms with van der Waals surface area (Å²) in [6.45, 7) is 2.05. The van der Waals surface area contributed by atoms with Crippen molar-refractivity contribution in [2.75, 3.05) is 11.5 Å². The molecule has 0 aromatic heterocycles. The Morgan fingerprint density at radius 1 is 1.82 bits per heavy atom. The zero-order valence-corrected chi connectivity index (χ0v) is 8.12. The first-order valence-corrected chi connectivity index (χ1v) is 5.05. The zero-order chi connectivity index (χ0) is 8.69. The Morgan fingerprint density at radius 2 is 2.45 bits per heavy atom. The second-order valence-electron chi connectivity index (χ2n) is 2.04. The monoisotopic (exact) mass is 195 g/mol. The molecular weight excluding hydrogens is 182 g/mol. The first kappa shape index (κ1) is 11.1. The summed E-state index contributed by atoms with van der Waals surface area (Å²) < 4.78 is 2.81. The average molecular weight is 195 g/mol. The molecule has 0 aromatic carbocycles. The minimum Gasteiger partial charge on any atom is -0.480 e. The van der Waals surface area contributed by atoms with Crippen LogP contribution in [0.2, 0.25) is 0 Å². The van der Waals surface area contributed by atoms with E-state index in [1.54, 1.807) is 0 Å². The van der Waals surface area contributed by atoms with Gasteiger partial charge in [-0.25, -0.2) is 4.72 Å². The first-order chi connectivity index (χ1) is 5.22. The van der Waals surface area contributed by atoms with Gasteiger partial charge < -0.3 is 5.11 Å². The van der Waals surface area contributed by atoms with Gasteiger partial charge in [-0.15, -0.1) is 0 Å². The largest absolute Gasteiger partial charge is 0.480 e. The lowest BCUT2D eigenvalue weighted by atomic mass is 10.4. The standard InChI is InChI=1S/C6H13NO2S2/c1-2-3-11-7-5(4-10)6(8)9/h5,7,10H,2-4H2,1H3,(H,8,9)/t5-/m0/s1. The maximum Gasteiger partial charge on any atom is 0.322 e. The molecule has 0 saturated carbocycles. The number of hydrogen-bond acceptors (Lipinski definition) is 4. The van der Waals surface area contributed by atoms with E-state index in [-0.39, 0.29) is 0 Å². The number of hydrogen-bond donors (Lipinski definition) is 3. The maximum absolute atomic E-state index is 10.4. The summed E-state index contributed by atoms with van der Waals surface area (Å²) in [6, 6.07) is -0.533. The predicted molar refractivity (Wildman–Crippen MR) is 51.2 cm³/mol. The van der Waals surface area contributed by atoms with Gasteiger partial charge in [-0.05, 0) is 6.42 Å². The van der Waals surface area contributed by atoms with E-state index in [1.807, 2.05) is 6.92 Å². The minimum atomic E-state index is -0.844. The van der Waals surface area contributed by atoms with Crippen molar-refractivity contribution in [3.63, 3.8) is 0 Å². The average Bonchev–Trinajstić information content (AvgIpc) is 1.97. The second-order valence-corrected chi connectivity index (χ2v) is 3.34. The van der Waals surface area contributed by atoms with Crippen LogP contribution in [0.15, 0.2) is 0 Å². The van der Waals surface area contributed by atoms with Crippen LogP contribution in [0.1, 0.15) is 13.3 Å². The Hall–Kier alpha value is 0.130. The SMILES string of the molecule is CCCSN[C@@H](CS)C(=O)O. The van der Waals surface area contributed by atoms with Gasteiger partial charge in [-0.1, -0.05) is 18.9 Å². The van der Waals surface area contributed by atoms with Gasteiger partial charge in [0, 0.05) is 11.5 Å². The molecule has 0 aliphatic rings. The molecule has 66 valence electrons. The molecule has 0 aromatic rings. The fourth-order valence-electron chi connectivity index (χ4n) is 0.427. The fourth-order valence-corrected chi connectivity index (χ4v) is 1.51. The predicted octanol–water partition coefficient (Wildman–Crippen LogP) is 1.02. The van der Waals surface area contributed by atoms with Gasteiger partial charge in [-0.3, -0.25) is 4.79 Å². The van der Waals surface area contributed by atoms with Crippen LogP contribution in [-0.2, 0) is 4.79 Å². The van der Waals surface area contributed by atoms with Crippen molar-refractivity contribution in [3.8, 4) is 0 Å². The van der Waals surface area contributed by atoms with Crippen LogP contribution >= 0.6 is 24.6 Å². The second kappa shape index (κ2) is 6.82. The van der Waals surface area contributed by atoms with E-state index in [2.05, 4.69) is 17.4 Å². The number of carboxylic acids is 1. The summed E-state index contributed by atoms with van der Waals surface area (Å²) >= 11 is 5.33. The molecule has 3 nitrogen and oxygen atoms in total. The minimum absolute atomic E-state index is 0.325. The molecule has 0 bridgehead atoms. The molecular formula is C6H13NO2S2. The van der Waals surface area contributed by atoms with Crippen LogP contribution in [0, 0.1) is 0 Å². The van der Waals surface area contributed by atoms with Gasteiger partial charge in [-0.2, -0.15) is 12.6 Å². The summed E-state index contributed by atoms with van der Waals surface area (Å²) in [5, 5.41) is 8.55. The van der Waals surface area contributed by atoms with Crippen molar-refractivity contribution < 1.29 is 9.90 Å². The third kappa shape index (κ3) is 5.41.